The first-order chi connectivity index (χ1) is 10.8. The Morgan fingerprint density at radius 1 is 1.28 bits per heavy atom. The van der Waals surface area contributed by atoms with Crippen molar-refractivity contribution in [1.29, 1.82) is 0 Å². The molecule has 7 heteroatoms. The number of carbonyl (C=O) groups is 1. The van der Waals surface area contributed by atoms with Crippen LogP contribution in [-0.4, -0.2) is 21.7 Å². The van der Waals surface area contributed by atoms with Crippen LogP contribution < -0.4 is 11.1 Å². The Bertz CT molecular complexity index is 752. The highest BCUT2D eigenvalue weighted by Crippen LogP contribution is 2.29. The average Bonchev–Trinajstić information content (AvgIpc) is 3.01. The quantitative estimate of drug-likeness (QED) is 0.834. The van der Waals surface area contributed by atoms with Crippen LogP contribution in [-0.2, 0) is 12.0 Å². The molecule has 1 aromatic heterocycles. The van der Waals surface area contributed by atoms with Crippen LogP contribution in [0.15, 0.2) is 30.3 Å². The van der Waals surface area contributed by atoms with Gasteiger partial charge in [0.2, 0.25) is 0 Å². The first kappa shape index (κ1) is 21.5. The maximum atomic E-state index is 12.5. The molecule has 25 heavy (non-hydrogen) atoms. The standard InChI is InChI=1S/C18H24N4O.2ClH/c1-11-9-15(21-22(11)18(2,3)4)17(23)20-14-10-12-7-5-6-8-13(12)16(14)19;;/h5-9,14,16H,10,19H2,1-4H3,(H,20,23);2*1H/t14-,16-;;/m1../s1. The number of hydrogen-bond acceptors (Lipinski definition) is 3. The van der Waals surface area contributed by atoms with Crippen LogP contribution in [0.25, 0.3) is 0 Å². The van der Waals surface area contributed by atoms with Crippen LogP contribution in [0, 0.1) is 6.92 Å². The molecule has 1 aromatic carbocycles. The SMILES string of the molecule is Cc1cc(C(=O)N[C@@H]2Cc3ccccc3[C@H]2N)nn1C(C)(C)C.Cl.Cl. The van der Waals surface area contributed by atoms with Gasteiger partial charge in [0.15, 0.2) is 0 Å². The maximum Gasteiger partial charge on any atom is 0.272 e. The molecule has 0 aliphatic heterocycles. The third-order valence-corrected chi connectivity index (χ3v) is 4.36. The minimum atomic E-state index is -0.166. The zero-order chi connectivity index (χ0) is 16.8. The van der Waals surface area contributed by atoms with Gasteiger partial charge in [0.05, 0.1) is 17.6 Å². The maximum absolute atomic E-state index is 12.5. The lowest BCUT2D eigenvalue weighted by molar-refractivity contribution is 0.0926. The van der Waals surface area contributed by atoms with Gasteiger partial charge in [0.25, 0.3) is 5.91 Å². The highest BCUT2D eigenvalue weighted by molar-refractivity contribution is 5.92. The van der Waals surface area contributed by atoms with Gasteiger partial charge >= 0.3 is 0 Å². The molecule has 5 nitrogen and oxygen atoms in total. The molecule has 1 heterocycles. The number of rotatable bonds is 2. The number of carbonyl (C=O) groups excluding carboxylic acids is 1. The van der Waals surface area contributed by atoms with Gasteiger partial charge in [-0.2, -0.15) is 5.10 Å². The number of aryl methyl sites for hydroxylation is 1. The number of nitrogens with one attached hydrogen (secondary N) is 1. The van der Waals surface area contributed by atoms with E-state index in [2.05, 4.69) is 37.3 Å². The number of aromatic nitrogens is 2. The Hall–Kier alpha value is -1.56. The average molecular weight is 385 g/mol. The number of hydrogen-bond donors (Lipinski definition) is 2. The fourth-order valence-corrected chi connectivity index (χ4v) is 3.27. The molecule has 138 valence electrons. The van der Waals surface area contributed by atoms with Crippen molar-refractivity contribution in [3.63, 3.8) is 0 Å². The molecule has 1 aliphatic rings. The van der Waals surface area contributed by atoms with Crippen LogP contribution in [0.2, 0.25) is 0 Å². The first-order valence-electron chi connectivity index (χ1n) is 7.99. The number of amides is 1. The molecule has 3 N–H and O–H groups in total. The lowest BCUT2D eigenvalue weighted by atomic mass is 10.1. The summed E-state index contributed by atoms with van der Waals surface area (Å²) >= 11 is 0. The molecule has 2 aromatic rings. The van der Waals surface area contributed by atoms with Crippen molar-refractivity contribution < 1.29 is 4.79 Å². The molecule has 0 radical (unpaired) electrons. The largest absolute Gasteiger partial charge is 0.346 e. The van der Waals surface area contributed by atoms with Gasteiger partial charge in [-0.1, -0.05) is 24.3 Å². The van der Waals surface area contributed by atoms with Gasteiger partial charge < -0.3 is 11.1 Å². The van der Waals surface area contributed by atoms with Crippen molar-refractivity contribution in [3.8, 4) is 0 Å². The van der Waals surface area contributed by atoms with E-state index in [4.69, 9.17) is 5.73 Å². The number of nitrogens with zero attached hydrogens (tertiary/aromatic N) is 2. The third kappa shape index (κ3) is 4.17. The zero-order valence-corrected chi connectivity index (χ0v) is 16.6. The highest BCUT2D eigenvalue weighted by atomic mass is 35.5. The summed E-state index contributed by atoms with van der Waals surface area (Å²) in [6, 6.07) is 9.67. The fraction of sp³-hybridized carbons (Fsp3) is 0.444. The molecule has 2 atom stereocenters. The Kier molecular flexibility index (Phi) is 6.68. The second-order valence-corrected chi connectivity index (χ2v) is 7.26. The molecule has 0 saturated heterocycles. The Balaban J connectivity index is 0.00000156. The van der Waals surface area contributed by atoms with Crippen molar-refractivity contribution in [2.75, 3.05) is 0 Å². The van der Waals surface area contributed by atoms with Crippen LogP contribution in [0.1, 0.15) is 54.1 Å². The molecule has 3 rings (SSSR count). The molecule has 0 unspecified atom stereocenters. The summed E-state index contributed by atoms with van der Waals surface area (Å²) in [5.41, 5.74) is 9.88. The molecular weight excluding hydrogens is 359 g/mol. The molecule has 1 amide bonds. The molecule has 0 spiro atoms. The number of halogens is 2. The van der Waals surface area contributed by atoms with Gasteiger partial charge in [-0.3, -0.25) is 9.48 Å². The zero-order valence-electron chi connectivity index (χ0n) is 14.9. The predicted molar refractivity (Wildman–Crippen MR) is 105 cm³/mol. The number of nitrogens with two attached hydrogens (primary N) is 1. The van der Waals surface area contributed by atoms with Crippen molar-refractivity contribution in [2.45, 2.75) is 51.7 Å². The minimum absolute atomic E-state index is 0. The minimum Gasteiger partial charge on any atom is -0.346 e. The normalized spacial score (nSPS) is 18.8. The van der Waals surface area contributed by atoms with Crippen LogP contribution in [0.3, 0.4) is 0 Å². The van der Waals surface area contributed by atoms with Gasteiger partial charge in [-0.25, -0.2) is 0 Å². The van der Waals surface area contributed by atoms with E-state index in [-0.39, 0.29) is 48.3 Å². The van der Waals surface area contributed by atoms with E-state index in [1.165, 1.54) is 5.56 Å². The highest BCUT2D eigenvalue weighted by Gasteiger charge is 2.31. The summed E-state index contributed by atoms with van der Waals surface area (Å²) < 4.78 is 1.88. The second kappa shape index (κ2) is 7.77. The lowest BCUT2D eigenvalue weighted by Crippen LogP contribution is -2.41. The van der Waals surface area contributed by atoms with Crippen molar-refractivity contribution in [1.82, 2.24) is 15.1 Å². The summed E-state index contributed by atoms with van der Waals surface area (Å²) in [7, 11) is 0. The molecule has 0 fully saturated rings. The lowest BCUT2D eigenvalue weighted by Gasteiger charge is -2.21. The Morgan fingerprint density at radius 2 is 1.92 bits per heavy atom. The molecule has 0 bridgehead atoms. The Labute approximate surface area is 161 Å². The van der Waals surface area contributed by atoms with E-state index in [9.17, 15) is 4.79 Å². The van der Waals surface area contributed by atoms with Gasteiger partial charge in [0.1, 0.15) is 5.69 Å². The van der Waals surface area contributed by atoms with Crippen molar-refractivity contribution in [3.05, 3.63) is 52.8 Å². The van der Waals surface area contributed by atoms with Crippen LogP contribution in [0.4, 0.5) is 0 Å². The van der Waals surface area contributed by atoms with E-state index >= 15 is 0 Å². The van der Waals surface area contributed by atoms with Crippen LogP contribution in [0.5, 0.6) is 0 Å². The van der Waals surface area contributed by atoms with Crippen molar-refractivity contribution in [2.24, 2.45) is 5.73 Å². The first-order valence-corrected chi connectivity index (χ1v) is 7.99. The van der Waals surface area contributed by atoms with Gasteiger partial charge in [-0.05, 0) is 51.3 Å². The van der Waals surface area contributed by atoms with Crippen molar-refractivity contribution >= 4 is 30.7 Å². The van der Waals surface area contributed by atoms with Crippen LogP contribution >= 0.6 is 24.8 Å². The predicted octanol–water partition coefficient (Wildman–Crippen LogP) is 3.14. The summed E-state index contributed by atoms with van der Waals surface area (Å²) in [5, 5.41) is 7.51. The number of fused-ring (bicyclic) bond motifs is 1. The van der Waals surface area contributed by atoms with Gasteiger partial charge in [-0.15, -0.1) is 24.8 Å². The van der Waals surface area contributed by atoms with E-state index in [1.807, 2.05) is 35.9 Å². The fourth-order valence-electron chi connectivity index (χ4n) is 3.27. The summed E-state index contributed by atoms with van der Waals surface area (Å²) in [5.74, 6) is -0.163. The molecule has 1 aliphatic carbocycles. The summed E-state index contributed by atoms with van der Waals surface area (Å²) in [4.78, 5) is 12.5. The Morgan fingerprint density at radius 3 is 2.48 bits per heavy atom. The van der Waals surface area contributed by atoms with Gasteiger partial charge in [0, 0.05) is 5.69 Å². The summed E-state index contributed by atoms with van der Waals surface area (Å²) in [6.07, 6.45) is 0.766. The molecule has 0 saturated carbocycles. The molecular formula is C18H26Cl2N4O. The van der Waals surface area contributed by atoms with E-state index < -0.39 is 0 Å². The van der Waals surface area contributed by atoms with E-state index in [0.29, 0.717) is 5.69 Å². The monoisotopic (exact) mass is 384 g/mol. The number of benzene rings is 1. The topological polar surface area (TPSA) is 72.9 Å². The third-order valence-electron chi connectivity index (χ3n) is 4.36. The second-order valence-electron chi connectivity index (χ2n) is 7.26. The van der Waals surface area contributed by atoms with E-state index in [1.54, 1.807) is 0 Å². The smallest absolute Gasteiger partial charge is 0.272 e. The summed E-state index contributed by atoms with van der Waals surface area (Å²) in [6.45, 7) is 8.17. The van der Waals surface area contributed by atoms with E-state index in [0.717, 1.165) is 17.7 Å².